The number of carbonyl (C=O) groups excluding carboxylic acids is 2. The van der Waals surface area contributed by atoms with Crippen molar-refractivity contribution in [3.63, 3.8) is 0 Å². The van der Waals surface area contributed by atoms with E-state index >= 15 is 0 Å². The summed E-state index contributed by atoms with van der Waals surface area (Å²) in [7, 11) is 0. The molecule has 4 rings (SSSR count). The minimum atomic E-state index is -0.0603. The summed E-state index contributed by atoms with van der Waals surface area (Å²) in [4.78, 5) is 26.9. The molecular weight excluding hydrogens is 380 g/mol. The van der Waals surface area contributed by atoms with Crippen LogP contribution >= 0.6 is 0 Å². The fourth-order valence-corrected chi connectivity index (χ4v) is 4.10. The van der Waals surface area contributed by atoms with Crippen LogP contribution in [0.15, 0.2) is 48.5 Å². The third-order valence-electron chi connectivity index (χ3n) is 5.60. The van der Waals surface area contributed by atoms with E-state index in [1.807, 2.05) is 53.4 Å². The van der Waals surface area contributed by atoms with Crippen LogP contribution in [0, 0.1) is 0 Å². The summed E-state index contributed by atoms with van der Waals surface area (Å²) in [5, 5.41) is 2.87. The monoisotopic (exact) mass is 408 g/mol. The maximum atomic E-state index is 12.8. The van der Waals surface area contributed by atoms with Gasteiger partial charge >= 0.3 is 0 Å². The summed E-state index contributed by atoms with van der Waals surface area (Å²) in [6.07, 6.45) is 3.42. The van der Waals surface area contributed by atoms with Crippen molar-refractivity contribution in [1.82, 2.24) is 10.2 Å². The second-order valence-electron chi connectivity index (χ2n) is 7.76. The van der Waals surface area contributed by atoms with Gasteiger partial charge in [-0.3, -0.25) is 9.59 Å². The first kappa shape index (κ1) is 20.3. The Balaban J connectivity index is 1.31. The van der Waals surface area contributed by atoms with Gasteiger partial charge in [-0.15, -0.1) is 0 Å². The molecule has 30 heavy (non-hydrogen) atoms. The molecule has 158 valence electrons. The lowest BCUT2D eigenvalue weighted by molar-refractivity contribution is -0.132. The van der Waals surface area contributed by atoms with Crippen LogP contribution in [0.4, 0.5) is 0 Å². The molecule has 6 nitrogen and oxygen atoms in total. The fraction of sp³-hybridized carbons (Fsp3) is 0.417. The van der Waals surface area contributed by atoms with Crippen LogP contribution < -0.4 is 14.8 Å². The lowest BCUT2D eigenvalue weighted by Gasteiger charge is -2.26. The molecule has 0 spiro atoms. The maximum absolute atomic E-state index is 12.8. The number of rotatable bonds is 6. The summed E-state index contributed by atoms with van der Waals surface area (Å²) in [6.45, 7) is 2.41. The van der Waals surface area contributed by atoms with Gasteiger partial charge in [-0.05, 0) is 36.1 Å². The molecule has 0 aromatic heterocycles. The number of ether oxygens (including phenoxy) is 2. The van der Waals surface area contributed by atoms with E-state index in [1.54, 1.807) is 0 Å². The quantitative estimate of drug-likeness (QED) is 0.797. The van der Waals surface area contributed by atoms with Crippen molar-refractivity contribution in [1.29, 1.82) is 0 Å². The summed E-state index contributed by atoms with van der Waals surface area (Å²) in [5.41, 5.74) is 2.05. The van der Waals surface area contributed by atoms with Gasteiger partial charge in [-0.2, -0.15) is 0 Å². The lowest BCUT2D eigenvalue weighted by Crippen LogP contribution is -2.34. The normalized spacial score (nSPS) is 18.0. The minimum absolute atomic E-state index is 0.0506. The van der Waals surface area contributed by atoms with Crippen LogP contribution in [0.25, 0.3) is 0 Å². The van der Waals surface area contributed by atoms with Gasteiger partial charge in [-0.1, -0.05) is 36.4 Å². The second-order valence-corrected chi connectivity index (χ2v) is 7.76. The van der Waals surface area contributed by atoms with Crippen LogP contribution in [-0.4, -0.2) is 43.0 Å². The number of fused-ring (bicyclic) bond motifs is 1. The SMILES string of the molecule is O=C(Cc1ccccc1)NCCC(=O)N1CCCC1c1ccc2c(c1)OCCCO2. The third kappa shape index (κ3) is 4.93. The van der Waals surface area contributed by atoms with E-state index in [0.717, 1.165) is 48.4 Å². The number of carbonyl (C=O) groups is 2. The fourth-order valence-electron chi connectivity index (χ4n) is 4.10. The number of hydrogen-bond donors (Lipinski definition) is 1. The van der Waals surface area contributed by atoms with Crippen molar-refractivity contribution in [2.75, 3.05) is 26.3 Å². The molecule has 2 aromatic carbocycles. The van der Waals surface area contributed by atoms with Crippen LogP contribution in [0.1, 0.15) is 42.9 Å². The highest BCUT2D eigenvalue weighted by atomic mass is 16.5. The van der Waals surface area contributed by atoms with E-state index in [-0.39, 0.29) is 17.9 Å². The maximum Gasteiger partial charge on any atom is 0.224 e. The first-order valence-corrected chi connectivity index (χ1v) is 10.7. The van der Waals surface area contributed by atoms with Gasteiger partial charge < -0.3 is 19.7 Å². The average molecular weight is 408 g/mol. The molecule has 1 N–H and O–H groups in total. The first-order chi connectivity index (χ1) is 14.7. The molecule has 2 aliphatic heterocycles. The molecule has 6 heteroatoms. The van der Waals surface area contributed by atoms with Crippen molar-refractivity contribution in [2.24, 2.45) is 0 Å². The van der Waals surface area contributed by atoms with E-state index < -0.39 is 0 Å². The number of benzene rings is 2. The van der Waals surface area contributed by atoms with Gasteiger partial charge in [0.15, 0.2) is 11.5 Å². The van der Waals surface area contributed by atoms with E-state index in [2.05, 4.69) is 5.32 Å². The Morgan fingerprint density at radius 3 is 2.63 bits per heavy atom. The largest absolute Gasteiger partial charge is 0.490 e. The average Bonchev–Trinajstić information content (AvgIpc) is 3.13. The number of amides is 2. The van der Waals surface area contributed by atoms with Gasteiger partial charge in [-0.25, -0.2) is 0 Å². The Labute approximate surface area is 177 Å². The van der Waals surface area contributed by atoms with Gasteiger partial charge in [0, 0.05) is 25.9 Å². The summed E-state index contributed by atoms with van der Waals surface area (Å²) < 4.78 is 11.5. The first-order valence-electron chi connectivity index (χ1n) is 10.7. The second kappa shape index (κ2) is 9.65. The molecule has 1 saturated heterocycles. The molecule has 0 radical (unpaired) electrons. The summed E-state index contributed by atoms with van der Waals surface area (Å²) >= 11 is 0. The smallest absolute Gasteiger partial charge is 0.224 e. The predicted octanol–water partition coefficient (Wildman–Crippen LogP) is 3.26. The predicted molar refractivity (Wildman–Crippen MR) is 114 cm³/mol. The standard InChI is InChI=1S/C24H28N2O4/c27-23(16-18-6-2-1-3-7-18)25-12-11-24(28)26-13-4-8-20(26)19-9-10-21-22(17-19)30-15-5-14-29-21/h1-3,6-7,9-10,17,20H,4-5,8,11-16H2,(H,25,27). The Hall–Kier alpha value is -3.02. The molecule has 2 amide bonds. The van der Waals surface area contributed by atoms with E-state index in [1.165, 1.54) is 0 Å². The van der Waals surface area contributed by atoms with Crippen molar-refractivity contribution < 1.29 is 19.1 Å². The number of hydrogen-bond acceptors (Lipinski definition) is 4. The van der Waals surface area contributed by atoms with E-state index in [4.69, 9.17) is 9.47 Å². The zero-order chi connectivity index (χ0) is 20.8. The van der Waals surface area contributed by atoms with Crippen LogP contribution in [0.3, 0.4) is 0 Å². The molecule has 0 aliphatic carbocycles. The highest BCUT2D eigenvalue weighted by Crippen LogP contribution is 2.38. The number of nitrogens with one attached hydrogen (secondary N) is 1. The molecule has 1 fully saturated rings. The van der Waals surface area contributed by atoms with Crippen LogP contribution in [0.2, 0.25) is 0 Å². The highest BCUT2D eigenvalue weighted by molar-refractivity contribution is 5.80. The Morgan fingerprint density at radius 1 is 1.00 bits per heavy atom. The van der Waals surface area contributed by atoms with Crippen molar-refractivity contribution in [2.45, 2.75) is 38.1 Å². The minimum Gasteiger partial charge on any atom is -0.490 e. The molecule has 1 atom stereocenters. The Morgan fingerprint density at radius 2 is 1.80 bits per heavy atom. The summed E-state index contributed by atoms with van der Waals surface area (Å²) in [6, 6.07) is 15.7. The van der Waals surface area contributed by atoms with Gasteiger partial charge in [0.2, 0.25) is 11.8 Å². The van der Waals surface area contributed by atoms with E-state index in [0.29, 0.717) is 32.6 Å². The van der Waals surface area contributed by atoms with Crippen molar-refractivity contribution in [3.05, 3.63) is 59.7 Å². The summed E-state index contributed by atoms with van der Waals surface area (Å²) in [5.74, 6) is 1.55. The zero-order valence-corrected chi connectivity index (χ0v) is 17.1. The molecule has 2 aliphatic rings. The van der Waals surface area contributed by atoms with Gasteiger partial charge in [0.25, 0.3) is 0 Å². The van der Waals surface area contributed by atoms with Crippen LogP contribution in [0.5, 0.6) is 11.5 Å². The molecule has 0 bridgehead atoms. The number of nitrogens with zero attached hydrogens (tertiary/aromatic N) is 1. The molecular formula is C24H28N2O4. The van der Waals surface area contributed by atoms with Crippen LogP contribution in [-0.2, 0) is 16.0 Å². The van der Waals surface area contributed by atoms with Gasteiger partial charge in [0.05, 0.1) is 25.7 Å². The van der Waals surface area contributed by atoms with Crippen molar-refractivity contribution >= 4 is 11.8 Å². The van der Waals surface area contributed by atoms with E-state index in [9.17, 15) is 9.59 Å². The molecule has 2 heterocycles. The molecule has 2 aromatic rings. The number of likely N-dealkylation sites (tertiary alicyclic amines) is 1. The van der Waals surface area contributed by atoms with Gasteiger partial charge in [0.1, 0.15) is 0 Å². The van der Waals surface area contributed by atoms with Crippen molar-refractivity contribution in [3.8, 4) is 11.5 Å². The molecule has 0 saturated carbocycles. The Bertz CT molecular complexity index is 884. The lowest BCUT2D eigenvalue weighted by atomic mass is 10.0. The Kier molecular flexibility index (Phi) is 6.52. The zero-order valence-electron chi connectivity index (χ0n) is 17.1. The third-order valence-corrected chi connectivity index (χ3v) is 5.60. The molecule has 1 unspecified atom stereocenters. The highest BCUT2D eigenvalue weighted by Gasteiger charge is 2.30. The topological polar surface area (TPSA) is 67.9 Å².